The predicted molar refractivity (Wildman–Crippen MR) is 44.3 cm³/mol. The van der Waals surface area contributed by atoms with Gasteiger partial charge in [0.25, 0.3) is 0 Å². The molecule has 2 heteroatoms. The molecule has 1 nitrogen and oxygen atoms in total. The van der Waals surface area contributed by atoms with E-state index in [0.29, 0.717) is 11.5 Å². The van der Waals surface area contributed by atoms with Crippen molar-refractivity contribution < 1.29 is 0 Å². The van der Waals surface area contributed by atoms with Crippen molar-refractivity contribution in [1.82, 2.24) is 0 Å². The Bertz CT molecular complexity index is 229. The van der Waals surface area contributed by atoms with Gasteiger partial charge in [-0.05, 0) is 28.8 Å². The van der Waals surface area contributed by atoms with Crippen LogP contribution in [0.5, 0.6) is 0 Å². The zero-order valence-electron chi connectivity index (χ0n) is 6.00. The first-order valence-electron chi connectivity index (χ1n) is 3.52. The molecule has 2 N–H and O–H groups in total. The summed E-state index contributed by atoms with van der Waals surface area (Å²) in [6.45, 7) is 2.24. The maximum Gasteiger partial charge on any atom is 0.0143 e. The fraction of sp³-hybridized carbons (Fsp3) is 0.500. The summed E-state index contributed by atoms with van der Waals surface area (Å²) in [6, 6.07) is 2.58. The van der Waals surface area contributed by atoms with E-state index in [1.54, 1.807) is 11.3 Å². The Kier molecular flexibility index (Phi) is 1.17. The Labute approximate surface area is 64.9 Å². The number of nitrogens with two attached hydrogens (primary N) is 1. The van der Waals surface area contributed by atoms with E-state index in [1.165, 1.54) is 5.56 Å². The normalized spacial score (nSPS) is 38.0. The van der Waals surface area contributed by atoms with E-state index in [2.05, 4.69) is 23.8 Å². The molecule has 1 heterocycles. The number of rotatable bonds is 1. The SMILES string of the molecule is CC1(c2ccsc2)CC1N. The maximum absolute atomic E-state index is 5.80. The molecule has 1 saturated carbocycles. The lowest BCUT2D eigenvalue weighted by atomic mass is 10.0. The Morgan fingerprint density at radius 1 is 1.80 bits per heavy atom. The van der Waals surface area contributed by atoms with Crippen LogP contribution in [0, 0.1) is 0 Å². The van der Waals surface area contributed by atoms with Crippen LogP contribution in [0.4, 0.5) is 0 Å². The molecule has 0 aromatic carbocycles. The lowest BCUT2D eigenvalue weighted by Crippen LogP contribution is -2.13. The molecule has 2 unspecified atom stereocenters. The molecule has 2 rings (SSSR count). The van der Waals surface area contributed by atoms with Gasteiger partial charge in [0.1, 0.15) is 0 Å². The number of thiophene rings is 1. The number of hydrogen-bond acceptors (Lipinski definition) is 2. The van der Waals surface area contributed by atoms with Gasteiger partial charge in [0.05, 0.1) is 0 Å². The van der Waals surface area contributed by atoms with Crippen LogP contribution in [-0.2, 0) is 5.41 Å². The summed E-state index contributed by atoms with van der Waals surface area (Å²) in [7, 11) is 0. The summed E-state index contributed by atoms with van der Waals surface area (Å²) in [4.78, 5) is 0. The molecule has 10 heavy (non-hydrogen) atoms. The van der Waals surface area contributed by atoms with Crippen molar-refractivity contribution in [1.29, 1.82) is 0 Å². The Balaban J connectivity index is 2.30. The van der Waals surface area contributed by atoms with Gasteiger partial charge in [-0.2, -0.15) is 11.3 Å². The first kappa shape index (κ1) is 6.38. The Morgan fingerprint density at radius 2 is 2.50 bits per heavy atom. The Morgan fingerprint density at radius 3 is 2.90 bits per heavy atom. The summed E-state index contributed by atoms with van der Waals surface area (Å²) < 4.78 is 0. The highest BCUT2D eigenvalue weighted by Gasteiger charge is 2.48. The van der Waals surface area contributed by atoms with Gasteiger partial charge in [-0.3, -0.25) is 0 Å². The van der Waals surface area contributed by atoms with Crippen molar-refractivity contribution in [3.05, 3.63) is 22.4 Å². The molecular weight excluding hydrogens is 142 g/mol. The van der Waals surface area contributed by atoms with Crippen LogP contribution in [0.25, 0.3) is 0 Å². The fourth-order valence-corrected chi connectivity index (χ4v) is 2.12. The van der Waals surface area contributed by atoms with Crippen LogP contribution >= 0.6 is 11.3 Å². The van der Waals surface area contributed by atoms with Gasteiger partial charge >= 0.3 is 0 Å². The topological polar surface area (TPSA) is 26.0 Å². The van der Waals surface area contributed by atoms with Crippen molar-refractivity contribution >= 4 is 11.3 Å². The van der Waals surface area contributed by atoms with Crippen LogP contribution in [0.3, 0.4) is 0 Å². The zero-order valence-corrected chi connectivity index (χ0v) is 6.82. The van der Waals surface area contributed by atoms with E-state index in [4.69, 9.17) is 5.73 Å². The molecule has 1 aromatic heterocycles. The van der Waals surface area contributed by atoms with Gasteiger partial charge in [0.15, 0.2) is 0 Å². The van der Waals surface area contributed by atoms with Gasteiger partial charge < -0.3 is 5.73 Å². The average Bonchev–Trinajstić information content (AvgIpc) is 2.35. The minimum absolute atomic E-state index is 0.319. The second-order valence-electron chi connectivity index (χ2n) is 3.24. The molecule has 2 atom stereocenters. The first-order valence-corrected chi connectivity index (χ1v) is 4.46. The van der Waals surface area contributed by atoms with Gasteiger partial charge in [-0.15, -0.1) is 0 Å². The Hall–Kier alpha value is -0.340. The van der Waals surface area contributed by atoms with Crippen LogP contribution < -0.4 is 5.73 Å². The molecule has 1 aliphatic carbocycles. The lowest BCUT2D eigenvalue weighted by molar-refractivity contribution is 0.745. The van der Waals surface area contributed by atoms with Gasteiger partial charge in [0, 0.05) is 11.5 Å². The molecule has 1 fully saturated rings. The molecule has 0 radical (unpaired) electrons. The van der Waals surface area contributed by atoms with Gasteiger partial charge in [-0.1, -0.05) is 6.92 Å². The second kappa shape index (κ2) is 1.83. The third-order valence-electron chi connectivity index (χ3n) is 2.48. The third kappa shape index (κ3) is 0.724. The molecular formula is C8H11NS. The van der Waals surface area contributed by atoms with Crippen LogP contribution in [-0.4, -0.2) is 6.04 Å². The van der Waals surface area contributed by atoms with Crippen LogP contribution in [0.2, 0.25) is 0 Å². The van der Waals surface area contributed by atoms with E-state index >= 15 is 0 Å². The summed E-state index contributed by atoms with van der Waals surface area (Å²) in [5.74, 6) is 0. The van der Waals surface area contributed by atoms with E-state index < -0.39 is 0 Å². The molecule has 0 amide bonds. The molecule has 1 aliphatic rings. The van der Waals surface area contributed by atoms with E-state index in [9.17, 15) is 0 Å². The highest BCUT2D eigenvalue weighted by Crippen LogP contribution is 2.46. The van der Waals surface area contributed by atoms with E-state index in [-0.39, 0.29) is 0 Å². The minimum atomic E-state index is 0.319. The standard InChI is InChI=1S/C8H11NS/c1-8(4-7(8)9)6-2-3-10-5-6/h2-3,5,7H,4,9H2,1H3. The number of hydrogen-bond donors (Lipinski definition) is 1. The molecule has 1 aromatic rings. The molecule has 0 bridgehead atoms. The minimum Gasteiger partial charge on any atom is -0.327 e. The summed E-state index contributed by atoms with van der Waals surface area (Å²) in [5.41, 5.74) is 7.54. The monoisotopic (exact) mass is 153 g/mol. The highest BCUT2D eigenvalue weighted by molar-refractivity contribution is 7.08. The quantitative estimate of drug-likeness (QED) is 0.653. The van der Waals surface area contributed by atoms with Gasteiger partial charge in [0.2, 0.25) is 0 Å². The zero-order chi connectivity index (χ0) is 7.19. The highest BCUT2D eigenvalue weighted by atomic mass is 32.1. The molecule has 0 spiro atoms. The largest absolute Gasteiger partial charge is 0.327 e. The van der Waals surface area contributed by atoms with Crippen molar-refractivity contribution in [2.24, 2.45) is 5.73 Å². The maximum atomic E-state index is 5.80. The summed E-state index contributed by atoms with van der Waals surface area (Å²) in [6.07, 6.45) is 1.16. The lowest BCUT2D eigenvalue weighted by Gasteiger charge is -2.04. The van der Waals surface area contributed by atoms with Crippen LogP contribution in [0.15, 0.2) is 16.8 Å². The van der Waals surface area contributed by atoms with Crippen LogP contribution in [0.1, 0.15) is 18.9 Å². The van der Waals surface area contributed by atoms with Crippen molar-refractivity contribution in [2.75, 3.05) is 0 Å². The third-order valence-corrected chi connectivity index (χ3v) is 3.17. The van der Waals surface area contributed by atoms with Crippen molar-refractivity contribution in [3.63, 3.8) is 0 Å². The molecule has 54 valence electrons. The summed E-state index contributed by atoms with van der Waals surface area (Å²) >= 11 is 1.75. The fourth-order valence-electron chi connectivity index (χ4n) is 1.32. The van der Waals surface area contributed by atoms with Crippen molar-refractivity contribution in [2.45, 2.75) is 24.8 Å². The average molecular weight is 153 g/mol. The van der Waals surface area contributed by atoms with E-state index in [0.717, 1.165) is 6.42 Å². The van der Waals surface area contributed by atoms with Crippen molar-refractivity contribution in [3.8, 4) is 0 Å². The first-order chi connectivity index (χ1) is 4.73. The smallest absolute Gasteiger partial charge is 0.0143 e. The van der Waals surface area contributed by atoms with E-state index in [1.807, 2.05) is 0 Å². The summed E-state index contributed by atoms with van der Waals surface area (Å²) in [5, 5.41) is 4.32. The second-order valence-corrected chi connectivity index (χ2v) is 4.02. The van der Waals surface area contributed by atoms with Gasteiger partial charge in [-0.25, -0.2) is 0 Å². The predicted octanol–water partition coefficient (Wildman–Crippen LogP) is 1.74. The molecule has 0 aliphatic heterocycles. The molecule has 0 saturated heterocycles.